The Labute approximate surface area is 112 Å². The number of carbonyl (C=O) groups excluding carboxylic acids is 1. The number of benzene rings is 1. The van der Waals surface area contributed by atoms with Gasteiger partial charge in [-0.3, -0.25) is 4.79 Å². The van der Waals surface area contributed by atoms with Gasteiger partial charge in [-0.15, -0.1) is 0 Å². The summed E-state index contributed by atoms with van der Waals surface area (Å²) in [5, 5.41) is 11.5. The second-order valence-electron chi connectivity index (χ2n) is 5.67. The summed E-state index contributed by atoms with van der Waals surface area (Å²) in [6.07, 6.45) is 0.943. The number of nitrogens with zero attached hydrogens (tertiary/aromatic N) is 2. The Morgan fingerprint density at radius 1 is 1.42 bits per heavy atom. The van der Waals surface area contributed by atoms with Crippen LogP contribution >= 0.6 is 0 Å². The van der Waals surface area contributed by atoms with E-state index >= 15 is 0 Å². The highest BCUT2D eigenvalue weighted by Gasteiger charge is 2.51. The molecule has 1 aliphatic carbocycles. The van der Waals surface area contributed by atoms with E-state index in [0.29, 0.717) is 5.56 Å². The van der Waals surface area contributed by atoms with Crippen LogP contribution in [0.25, 0.3) is 0 Å². The zero-order chi connectivity index (χ0) is 14.2. The molecule has 0 aromatic heterocycles. The number of oxime groups is 1. The van der Waals surface area contributed by atoms with Crippen molar-refractivity contribution in [1.29, 1.82) is 0 Å². The van der Waals surface area contributed by atoms with Crippen molar-refractivity contribution >= 4 is 17.4 Å². The van der Waals surface area contributed by atoms with Crippen molar-refractivity contribution < 1.29 is 10.0 Å². The van der Waals surface area contributed by atoms with Crippen LogP contribution in [0.3, 0.4) is 0 Å². The Kier molecular flexibility index (Phi) is 3.22. The normalized spacial score (nSPS) is 21.0. The van der Waals surface area contributed by atoms with Crippen molar-refractivity contribution in [3.63, 3.8) is 0 Å². The van der Waals surface area contributed by atoms with Crippen LogP contribution in [-0.4, -0.2) is 24.0 Å². The van der Waals surface area contributed by atoms with Gasteiger partial charge in [-0.25, -0.2) is 0 Å². The van der Waals surface area contributed by atoms with E-state index in [1.54, 1.807) is 36.2 Å². The van der Waals surface area contributed by atoms with Gasteiger partial charge in [-0.1, -0.05) is 19.0 Å². The number of amides is 1. The lowest BCUT2D eigenvalue weighted by Crippen LogP contribution is -2.29. The lowest BCUT2D eigenvalue weighted by Gasteiger charge is -2.18. The van der Waals surface area contributed by atoms with E-state index in [0.717, 1.165) is 12.1 Å². The van der Waals surface area contributed by atoms with Crippen molar-refractivity contribution in [2.24, 2.45) is 22.2 Å². The molecule has 1 saturated carbocycles. The number of hydrogen-bond donors (Lipinski definition) is 2. The molecule has 0 aliphatic heterocycles. The summed E-state index contributed by atoms with van der Waals surface area (Å²) in [6.45, 7) is 4.20. The fourth-order valence-corrected chi connectivity index (χ4v) is 2.16. The zero-order valence-corrected chi connectivity index (χ0v) is 11.4. The van der Waals surface area contributed by atoms with Gasteiger partial charge in [0, 0.05) is 24.2 Å². The number of hydrogen-bond acceptors (Lipinski definition) is 3. The highest BCUT2D eigenvalue weighted by molar-refractivity contribution is 5.99. The quantitative estimate of drug-likeness (QED) is 0.377. The molecule has 1 fully saturated rings. The van der Waals surface area contributed by atoms with Gasteiger partial charge in [0.05, 0.1) is 0 Å². The maximum atomic E-state index is 12.2. The first-order valence-corrected chi connectivity index (χ1v) is 6.22. The molecule has 0 radical (unpaired) electrons. The fraction of sp³-hybridized carbons (Fsp3) is 0.429. The van der Waals surface area contributed by atoms with Crippen molar-refractivity contribution in [3.8, 4) is 0 Å². The minimum absolute atomic E-state index is 0.0591. The number of nitrogens with two attached hydrogens (primary N) is 1. The molecular weight excluding hydrogens is 242 g/mol. The predicted octanol–water partition coefficient (Wildman–Crippen LogP) is 1.79. The average Bonchev–Trinajstić information content (AvgIpc) is 3.05. The van der Waals surface area contributed by atoms with E-state index < -0.39 is 0 Å². The second kappa shape index (κ2) is 4.57. The van der Waals surface area contributed by atoms with Crippen LogP contribution in [0.4, 0.5) is 5.69 Å². The van der Waals surface area contributed by atoms with Crippen LogP contribution in [0.5, 0.6) is 0 Å². The van der Waals surface area contributed by atoms with Gasteiger partial charge in [0.1, 0.15) is 0 Å². The van der Waals surface area contributed by atoms with Gasteiger partial charge >= 0.3 is 0 Å². The third kappa shape index (κ3) is 2.54. The smallest absolute Gasteiger partial charge is 0.230 e. The lowest BCUT2D eigenvalue weighted by atomic mass is 10.1. The summed E-state index contributed by atoms with van der Waals surface area (Å²) in [7, 11) is 1.77. The predicted molar refractivity (Wildman–Crippen MR) is 74.3 cm³/mol. The topological polar surface area (TPSA) is 78.9 Å². The van der Waals surface area contributed by atoms with Crippen LogP contribution in [0.2, 0.25) is 0 Å². The molecule has 19 heavy (non-hydrogen) atoms. The van der Waals surface area contributed by atoms with Crippen LogP contribution in [-0.2, 0) is 4.79 Å². The Morgan fingerprint density at radius 2 is 1.95 bits per heavy atom. The molecule has 1 atom stereocenters. The van der Waals surface area contributed by atoms with Crippen molar-refractivity contribution in [2.45, 2.75) is 20.3 Å². The molecule has 1 aliphatic rings. The minimum atomic E-state index is 0.0591. The summed E-state index contributed by atoms with van der Waals surface area (Å²) in [4.78, 5) is 13.9. The Bertz CT molecular complexity index is 520. The summed E-state index contributed by atoms with van der Waals surface area (Å²) < 4.78 is 0. The lowest BCUT2D eigenvalue weighted by molar-refractivity contribution is -0.120. The minimum Gasteiger partial charge on any atom is -0.409 e. The maximum absolute atomic E-state index is 12.2. The van der Waals surface area contributed by atoms with Gasteiger partial charge in [0.2, 0.25) is 5.91 Å². The van der Waals surface area contributed by atoms with Crippen molar-refractivity contribution in [1.82, 2.24) is 0 Å². The molecule has 0 bridgehead atoms. The third-order valence-electron chi connectivity index (χ3n) is 3.80. The molecule has 0 saturated heterocycles. The van der Waals surface area contributed by atoms with E-state index in [2.05, 4.69) is 19.0 Å². The number of carbonyl (C=O) groups is 1. The van der Waals surface area contributed by atoms with E-state index in [-0.39, 0.29) is 23.1 Å². The van der Waals surface area contributed by atoms with Crippen LogP contribution in [0.1, 0.15) is 25.8 Å². The van der Waals surface area contributed by atoms with Crippen molar-refractivity contribution in [3.05, 3.63) is 29.8 Å². The van der Waals surface area contributed by atoms with E-state index in [1.807, 2.05) is 0 Å². The SMILES string of the molecule is CN(C(=O)C1CC1(C)C)c1ccc(/C(N)=N/O)cc1. The molecular formula is C14H19N3O2. The molecule has 0 spiro atoms. The number of rotatable bonds is 3. The second-order valence-corrected chi connectivity index (χ2v) is 5.67. The molecule has 102 valence electrons. The summed E-state index contributed by atoms with van der Waals surface area (Å²) in [5.41, 5.74) is 7.05. The van der Waals surface area contributed by atoms with Gasteiger partial charge in [-0.2, -0.15) is 0 Å². The zero-order valence-electron chi connectivity index (χ0n) is 11.4. The molecule has 3 N–H and O–H groups in total. The first kappa shape index (κ1) is 13.4. The maximum Gasteiger partial charge on any atom is 0.230 e. The molecule has 1 aromatic carbocycles. The number of amidine groups is 1. The molecule has 1 aromatic rings. The monoisotopic (exact) mass is 261 g/mol. The van der Waals surface area contributed by atoms with E-state index in [1.165, 1.54) is 0 Å². The molecule has 5 nitrogen and oxygen atoms in total. The standard InChI is InChI=1S/C14H19N3O2/c1-14(2)8-11(14)13(18)17(3)10-6-4-9(5-7-10)12(15)16-19/h4-7,11,19H,8H2,1-3H3,(H2,15,16). The molecule has 2 rings (SSSR count). The van der Waals surface area contributed by atoms with E-state index in [4.69, 9.17) is 10.9 Å². The fourth-order valence-electron chi connectivity index (χ4n) is 2.16. The van der Waals surface area contributed by atoms with Crippen LogP contribution in [0.15, 0.2) is 29.4 Å². The van der Waals surface area contributed by atoms with Gasteiger partial charge in [0.25, 0.3) is 0 Å². The first-order chi connectivity index (χ1) is 8.86. The largest absolute Gasteiger partial charge is 0.409 e. The Morgan fingerprint density at radius 3 is 2.37 bits per heavy atom. The highest BCUT2D eigenvalue weighted by Crippen LogP contribution is 2.52. The van der Waals surface area contributed by atoms with Crippen molar-refractivity contribution in [2.75, 3.05) is 11.9 Å². The summed E-state index contributed by atoms with van der Waals surface area (Å²) >= 11 is 0. The average molecular weight is 261 g/mol. The summed E-state index contributed by atoms with van der Waals surface area (Å²) in [5.74, 6) is 0.312. The molecule has 0 heterocycles. The number of anilines is 1. The Balaban J connectivity index is 2.12. The van der Waals surface area contributed by atoms with Gasteiger partial charge in [-0.05, 0) is 36.1 Å². The first-order valence-electron chi connectivity index (χ1n) is 6.22. The molecule has 5 heteroatoms. The van der Waals surface area contributed by atoms with Crippen LogP contribution in [0, 0.1) is 11.3 Å². The van der Waals surface area contributed by atoms with Crippen LogP contribution < -0.4 is 10.6 Å². The molecule has 1 unspecified atom stereocenters. The van der Waals surface area contributed by atoms with Gasteiger partial charge in [0.15, 0.2) is 5.84 Å². The molecule has 1 amide bonds. The van der Waals surface area contributed by atoms with E-state index in [9.17, 15) is 4.79 Å². The van der Waals surface area contributed by atoms with Gasteiger partial charge < -0.3 is 15.8 Å². The third-order valence-corrected chi connectivity index (χ3v) is 3.80. The highest BCUT2D eigenvalue weighted by atomic mass is 16.4. The Hall–Kier alpha value is -2.04. The summed E-state index contributed by atoms with van der Waals surface area (Å²) in [6, 6.07) is 7.04.